The molecule has 0 aliphatic carbocycles. The van der Waals surface area contributed by atoms with Gasteiger partial charge in [0.05, 0.1) is 0 Å². The molecule has 0 aliphatic heterocycles. The van der Waals surface area contributed by atoms with Crippen molar-refractivity contribution in [2.75, 3.05) is 12.8 Å². The molecule has 0 fully saturated rings. The Morgan fingerprint density at radius 2 is 1.69 bits per heavy atom. The number of benzene rings is 1. The van der Waals surface area contributed by atoms with Gasteiger partial charge in [0.15, 0.2) is 0 Å². The Hall–Kier alpha value is -1.51. The monoisotopic (exact) mass is 373 g/mol. The smallest absolute Gasteiger partial charge is 0.00720 e. The molecule has 0 aromatic heterocycles. The van der Waals surface area contributed by atoms with Crippen LogP contribution in [0.3, 0.4) is 0 Å². The number of nitrogens with two attached hydrogens (primary N) is 1. The second-order valence-electron chi connectivity index (χ2n) is 6.73. The molecule has 1 rings (SSSR count). The summed E-state index contributed by atoms with van der Waals surface area (Å²) in [6.45, 7) is 18.3. The van der Waals surface area contributed by atoms with Crippen molar-refractivity contribution in [2.45, 2.75) is 52.4 Å². The summed E-state index contributed by atoms with van der Waals surface area (Å²) in [5.41, 5.74) is 7.52. The van der Waals surface area contributed by atoms with E-state index < -0.39 is 0 Å². The lowest BCUT2D eigenvalue weighted by Gasteiger charge is -2.17. The molecule has 1 aromatic rings. The fraction of sp³-hybridized carbons (Fsp3) is 0.417. The van der Waals surface area contributed by atoms with Crippen LogP contribution in [0.1, 0.15) is 46.6 Å². The van der Waals surface area contributed by atoms with Crippen LogP contribution in [0.15, 0.2) is 78.3 Å². The van der Waals surface area contributed by atoms with Crippen molar-refractivity contribution in [3.05, 3.63) is 78.9 Å². The van der Waals surface area contributed by atoms with Crippen molar-refractivity contribution in [1.29, 1.82) is 0 Å². The summed E-state index contributed by atoms with van der Waals surface area (Å²) >= 11 is 1.91. The van der Waals surface area contributed by atoms with Gasteiger partial charge in [0.25, 0.3) is 0 Å². The van der Waals surface area contributed by atoms with Crippen LogP contribution in [0, 0.1) is 5.41 Å². The molecule has 0 atom stereocenters. The first-order valence-corrected chi connectivity index (χ1v) is 10.2. The molecule has 0 unspecified atom stereocenters. The summed E-state index contributed by atoms with van der Waals surface area (Å²) in [4.78, 5) is 1.39. The van der Waals surface area contributed by atoms with Crippen LogP contribution in [-0.2, 0) is 6.42 Å². The van der Waals surface area contributed by atoms with Crippen LogP contribution in [-0.4, -0.2) is 12.8 Å². The fourth-order valence-electron chi connectivity index (χ4n) is 1.90. The van der Waals surface area contributed by atoms with Gasteiger partial charge in [-0.05, 0) is 61.3 Å². The highest BCUT2D eigenvalue weighted by Gasteiger charge is 2.09. The topological polar surface area (TPSA) is 26.0 Å². The molecular weight excluding hydrogens is 334 g/mol. The van der Waals surface area contributed by atoms with Crippen LogP contribution < -0.4 is 5.73 Å². The molecule has 0 spiro atoms. The first-order chi connectivity index (χ1) is 12.4. The molecule has 0 heterocycles. The van der Waals surface area contributed by atoms with Crippen LogP contribution >= 0.6 is 11.8 Å². The van der Waals surface area contributed by atoms with E-state index in [0.717, 1.165) is 11.3 Å². The molecule has 0 saturated carbocycles. The molecular formula is C24H39NS. The number of allylic oxidation sites excluding steroid dienone is 6. The minimum Gasteiger partial charge on any atom is -0.333 e. The average Bonchev–Trinajstić information content (AvgIpc) is 2.64. The van der Waals surface area contributed by atoms with Crippen molar-refractivity contribution >= 4 is 11.8 Å². The van der Waals surface area contributed by atoms with Gasteiger partial charge in [-0.15, -0.1) is 11.8 Å². The predicted molar refractivity (Wildman–Crippen MR) is 124 cm³/mol. The van der Waals surface area contributed by atoms with E-state index in [1.807, 2.05) is 36.9 Å². The Morgan fingerprint density at radius 3 is 2.08 bits per heavy atom. The molecule has 0 amide bonds. The van der Waals surface area contributed by atoms with Gasteiger partial charge in [0.2, 0.25) is 0 Å². The quantitative estimate of drug-likeness (QED) is 0.403. The number of hydrogen-bond donors (Lipinski definition) is 1. The lowest BCUT2D eigenvalue weighted by atomic mass is 9.89. The lowest BCUT2D eigenvalue weighted by molar-refractivity contribution is 0.378. The number of aryl methyl sites for hydroxylation is 1. The maximum absolute atomic E-state index is 4.50. The summed E-state index contributed by atoms with van der Waals surface area (Å²) in [7, 11) is 1.50. The standard InChI is InChI=1S/C14H22S.C9H12.CH5N/c1-5-15-13-8-6-12(7-9-13)10-11-14(2,3)4;1-4-7-8-9(5-2)6-3;1-2/h6-9H,5,10-11H2,1-4H3;4-8H,1-2H2,3H3;2H2,1H3/b;8-7-,9-6-;. The second-order valence-corrected chi connectivity index (χ2v) is 8.06. The van der Waals surface area contributed by atoms with Crippen molar-refractivity contribution in [1.82, 2.24) is 0 Å². The normalized spacial score (nSPS) is 11.1. The zero-order valence-corrected chi connectivity index (χ0v) is 18.5. The van der Waals surface area contributed by atoms with Crippen molar-refractivity contribution < 1.29 is 0 Å². The minimum atomic E-state index is 0.441. The zero-order valence-electron chi connectivity index (χ0n) is 17.7. The van der Waals surface area contributed by atoms with Crippen molar-refractivity contribution in [3.8, 4) is 0 Å². The molecule has 0 saturated heterocycles. The number of rotatable bonds is 7. The van der Waals surface area contributed by atoms with Gasteiger partial charge in [-0.2, -0.15) is 0 Å². The molecule has 1 nitrogen and oxygen atoms in total. The first-order valence-electron chi connectivity index (χ1n) is 9.23. The Kier molecular flexibility index (Phi) is 17.4. The van der Waals surface area contributed by atoms with Crippen LogP contribution in [0.5, 0.6) is 0 Å². The van der Waals surface area contributed by atoms with E-state index in [1.165, 1.54) is 30.3 Å². The maximum atomic E-state index is 4.50. The highest BCUT2D eigenvalue weighted by Crippen LogP contribution is 2.23. The molecule has 0 bridgehead atoms. The molecule has 0 radical (unpaired) electrons. The third kappa shape index (κ3) is 16.0. The Labute approximate surface area is 167 Å². The lowest BCUT2D eigenvalue weighted by Crippen LogP contribution is -2.06. The van der Waals surface area contributed by atoms with Gasteiger partial charge in [-0.1, -0.05) is 83.4 Å². The van der Waals surface area contributed by atoms with Gasteiger partial charge in [0, 0.05) is 4.90 Å². The van der Waals surface area contributed by atoms with Crippen LogP contribution in [0.2, 0.25) is 0 Å². The van der Waals surface area contributed by atoms with Gasteiger partial charge >= 0.3 is 0 Å². The third-order valence-electron chi connectivity index (χ3n) is 3.39. The molecule has 1 aromatic carbocycles. The maximum Gasteiger partial charge on any atom is 0.00720 e. The van der Waals surface area contributed by atoms with Crippen LogP contribution in [0.4, 0.5) is 0 Å². The van der Waals surface area contributed by atoms with E-state index >= 15 is 0 Å². The molecule has 2 heteroatoms. The van der Waals surface area contributed by atoms with Gasteiger partial charge in [-0.25, -0.2) is 0 Å². The van der Waals surface area contributed by atoms with E-state index in [4.69, 9.17) is 0 Å². The average molecular weight is 374 g/mol. The van der Waals surface area contributed by atoms with Gasteiger partial charge < -0.3 is 5.73 Å². The summed E-state index contributed by atoms with van der Waals surface area (Å²) in [5.74, 6) is 1.15. The summed E-state index contributed by atoms with van der Waals surface area (Å²) < 4.78 is 0. The van der Waals surface area contributed by atoms with E-state index in [0.29, 0.717) is 5.41 Å². The fourth-order valence-corrected chi connectivity index (χ4v) is 2.56. The number of thioether (sulfide) groups is 1. The SMILES string of the molecule is C=C/C=C\C(C=C)=C/C.CCSc1ccc(CCC(C)(C)C)cc1.CN. The molecule has 26 heavy (non-hydrogen) atoms. The van der Waals surface area contributed by atoms with Gasteiger partial charge in [0.1, 0.15) is 0 Å². The van der Waals surface area contributed by atoms with E-state index in [-0.39, 0.29) is 0 Å². The van der Waals surface area contributed by atoms with E-state index in [2.05, 4.69) is 70.9 Å². The first kappa shape index (κ1) is 26.7. The molecule has 146 valence electrons. The highest BCUT2D eigenvalue weighted by atomic mass is 32.2. The van der Waals surface area contributed by atoms with Gasteiger partial charge in [-0.3, -0.25) is 0 Å². The van der Waals surface area contributed by atoms with E-state index in [9.17, 15) is 0 Å². The minimum absolute atomic E-state index is 0.441. The van der Waals surface area contributed by atoms with Crippen molar-refractivity contribution in [2.24, 2.45) is 11.1 Å². The van der Waals surface area contributed by atoms with Crippen molar-refractivity contribution in [3.63, 3.8) is 0 Å². The Morgan fingerprint density at radius 1 is 1.12 bits per heavy atom. The Balaban J connectivity index is 0. The second kappa shape index (κ2) is 16.9. The molecule has 0 aliphatic rings. The summed E-state index contributed by atoms with van der Waals surface area (Å²) in [5, 5.41) is 0. The third-order valence-corrected chi connectivity index (χ3v) is 4.29. The summed E-state index contributed by atoms with van der Waals surface area (Å²) in [6, 6.07) is 9.02. The zero-order chi connectivity index (χ0) is 20.4. The molecule has 2 N–H and O–H groups in total. The van der Waals surface area contributed by atoms with Crippen LogP contribution in [0.25, 0.3) is 0 Å². The Bertz CT molecular complexity index is 530. The van der Waals surface area contributed by atoms with E-state index in [1.54, 1.807) is 12.2 Å². The number of hydrogen-bond acceptors (Lipinski definition) is 2. The predicted octanol–water partition coefficient (Wildman–Crippen LogP) is 7.21. The summed E-state index contributed by atoms with van der Waals surface area (Å²) in [6.07, 6.45) is 11.8. The largest absolute Gasteiger partial charge is 0.333 e. The highest BCUT2D eigenvalue weighted by molar-refractivity contribution is 7.99.